The second kappa shape index (κ2) is 5.66. The van der Waals surface area contributed by atoms with E-state index < -0.39 is 0 Å². The number of methoxy groups -OCH3 is 1. The highest BCUT2D eigenvalue weighted by Gasteiger charge is 2.04. The number of hydrogen-bond donors (Lipinski definition) is 0. The van der Waals surface area contributed by atoms with Gasteiger partial charge in [0.1, 0.15) is 17.3 Å². The van der Waals surface area contributed by atoms with Gasteiger partial charge < -0.3 is 9.47 Å². The van der Waals surface area contributed by atoms with Gasteiger partial charge in [0, 0.05) is 0 Å². The predicted molar refractivity (Wildman–Crippen MR) is 76.6 cm³/mol. The quantitative estimate of drug-likeness (QED) is 0.731. The van der Waals surface area contributed by atoms with E-state index in [0.717, 1.165) is 11.4 Å². The van der Waals surface area contributed by atoms with Crippen LogP contribution in [0.25, 0.3) is 5.69 Å². The fourth-order valence-corrected chi connectivity index (χ4v) is 1.87. The second-order valence-corrected chi connectivity index (χ2v) is 4.37. The molecule has 4 nitrogen and oxygen atoms in total. The average molecular weight is 284 g/mol. The molecule has 0 saturated carbocycles. The minimum atomic E-state index is -0.295. The van der Waals surface area contributed by atoms with Crippen molar-refractivity contribution in [3.8, 4) is 22.9 Å². The molecule has 0 saturated heterocycles. The molecular weight excluding hydrogens is 271 g/mol. The van der Waals surface area contributed by atoms with E-state index in [1.54, 1.807) is 36.3 Å². The summed E-state index contributed by atoms with van der Waals surface area (Å²) in [5.74, 6) is 1.63. The minimum absolute atomic E-state index is 0.295. The van der Waals surface area contributed by atoms with E-state index in [-0.39, 0.29) is 5.82 Å². The number of hydrogen-bond acceptors (Lipinski definition) is 3. The summed E-state index contributed by atoms with van der Waals surface area (Å²) in [4.78, 5) is 0. The molecule has 0 spiro atoms. The number of aromatic nitrogens is 2. The molecule has 0 atom stereocenters. The smallest absolute Gasteiger partial charge is 0.165 e. The van der Waals surface area contributed by atoms with E-state index in [9.17, 15) is 4.39 Å². The Labute approximate surface area is 121 Å². The van der Waals surface area contributed by atoms with E-state index in [1.165, 1.54) is 12.1 Å². The van der Waals surface area contributed by atoms with Crippen LogP contribution in [-0.4, -0.2) is 16.9 Å². The molecule has 0 N–H and O–H groups in total. The van der Waals surface area contributed by atoms with Crippen LogP contribution in [0.5, 0.6) is 17.2 Å². The Balaban J connectivity index is 1.77. The van der Waals surface area contributed by atoms with E-state index in [2.05, 4.69) is 5.10 Å². The van der Waals surface area contributed by atoms with E-state index in [1.807, 2.05) is 24.3 Å². The van der Waals surface area contributed by atoms with Crippen molar-refractivity contribution in [1.82, 2.24) is 9.78 Å². The maximum absolute atomic E-state index is 12.8. The van der Waals surface area contributed by atoms with Gasteiger partial charge in [-0.05, 0) is 48.5 Å². The van der Waals surface area contributed by atoms with Gasteiger partial charge in [0.25, 0.3) is 0 Å². The van der Waals surface area contributed by atoms with Gasteiger partial charge in [-0.3, -0.25) is 0 Å². The fraction of sp³-hybridized carbons (Fsp3) is 0.0625. The first-order valence-electron chi connectivity index (χ1n) is 6.37. The van der Waals surface area contributed by atoms with Gasteiger partial charge in [-0.15, -0.1) is 0 Å². The molecule has 1 heterocycles. The van der Waals surface area contributed by atoms with Crippen molar-refractivity contribution >= 4 is 0 Å². The third-order valence-electron chi connectivity index (χ3n) is 2.95. The lowest BCUT2D eigenvalue weighted by Gasteiger charge is -2.03. The van der Waals surface area contributed by atoms with Crippen molar-refractivity contribution in [2.24, 2.45) is 0 Å². The molecule has 5 heteroatoms. The van der Waals surface area contributed by atoms with Crippen molar-refractivity contribution in [1.29, 1.82) is 0 Å². The minimum Gasteiger partial charge on any atom is -0.497 e. The zero-order chi connectivity index (χ0) is 14.7. The van der Waals surface area contributed by atoms with Gasteiger partial charge in [-0.1, -0.05) is 0 Å². The Hall–Kier alpha value is -2.82. The van der Waals surface area contributed by atoms with Crippen LogP contribution in [0, 0.1) is 5.82 Å². The fourth-order valence-electron chi connectivity index (χ4n) is 1.87. The van der Waals surface area contributed by atoms with E-state index >= 15 is 0 Å². The second-order valence-electron chi connectivity index (χ2n) is 4.37. The molecule has 0 amide bonds. The van der Waals surface area contributed by atoms with Gasteiger partial charge in [0.15, 0.2) is 5.75 Å². The molecule has 0 aliphatic rings. The first kappa shape index (κ1) is 13.2. The Kier molecular flexibility index (Phi) is 3.55. The Bertz CT molecular complexity index is 721. The molecular formula is C16H13FN2O2. The van der Waals surface area contributed by atoms with E-state index in [0.29, 0.717) is 11.5 Å². The number of halogens is 1. The first-order chi connectivity index (χ1) is 10.2. The van der Waals surface area contributed by atoms with Crippen LogP contribution >= 0.6 is 0 Å². The molecule has 0 fully saturated rings. The molecule has 0 bridgehead atoms. The maximum atomic E-state index is 12.8. The largest absolute Gasteiger partial charge is 0.497 e. The van der Waals surface area contributed by atoms with Crippen LogP contribution in [0.4, 0.5) is 4.39 Å². The monoisotopic (exact) mass is 284 g/mol. The molecule has 0 unspecified atom stereocenters. The molecule has 3 aromatic rings. The third kappa shape index (κ3) is 3.02. The van der Waals surface area contributed by atoms with Crippen molar-refractivity contribution < 1.29 is 13.9 Å². The van der Waals surface area contributed by atoms with Crippen LogP contribution in [0.1, 0.15) is 0 Å². The standard InChI is InChI=1S/C16H13FN2O2/c1-20-14-8-4-13(5-9-14)19-11-16(10-18-19)21-15-6-2-12(17)3-7-15/h2-11H,1H3. The zero-order valence-corrected chi connectivity index (χ0v) is 11.4. The van der Waals surface area contributed by atoms with Crippen LogP contribution < -0.4 is 9.47 Å². The zero-order valence-electron chi connectivity index (χ0n) is 11.4. The summed E-state index contributed by atoms with van der Waals surface area (Å²) in [5, 5.41) is 4.23. The summed E-state index contributed by atoms with van der Waals surface area (Å²) in [5.41, 5.74) is 0.893. The van der Waals surface area contributed by atoms with Crippen molar-refractivity contribution in [3.05, 3.63) is 66.7 Å². The Morgan fingerprint density at radius 2 is 1.57 bits per heavy atom. The summed E-state index contributed by atoms with van der Waals surface area (Å²) < 4.78 is 25.2. The molecule has 106 valence electrons. The van der Waals surface area contributed by atoms with Crippen LogP contribution in [0.2, 0.25) is 0 Å². The van der Waals surface area contributed by atoms with Gasteiger partial charge in [-0.25, -0.2) is 9.07 Å². The normalized spacial score (nSPS) is 10.4. The number of benzene rings is 2. The molecule has 0 aliphatic heterocycles. The lowest BCUT2D eigenvalue weighted by atomic mass is 10.3. The molecule has 3 rings (SSSR count). The number of nitrogens with zero attached hydrogens (tertiary/aromatic N) is 2. The van der Waals surface area contributed by atoms with Crippen LogP contribution in [0.15, 0.2) is 60.9 Å². The van der Waals surface area contributed by atoms with Crippen molar-refractivity contribution in [3.63, 3.8) is 0 Å². The maximum Gasteiger partial charge on any atom is 0.165 e. The molecule has 0 aliphatic carbocycles. The highest BCUT2D eigenvalue weighted by molar-refractivity contribution is 5.38. The van der Waals surface area contributed by atoms with Gasteiger partial charge in [0.2, 0.25) is 0 Å². The van der Waals surface area contributed by atoms with Gasteiger partial charge in [0.05, 0.1) is 25.2 Å². The van der Waals surface area contributed by atoms with Crippen LogP contribution in [-0.2, 0) is 0 Å². The number of rotatable bonds is 4. The highest BCUT2D eigenvalue weighted by atomic mass is 19.1. The van der Waals surface area contributed by atoms with Gasteiger partial charge in [-0.2, -0.15) is 5.10 Å². The summed E-state index contributed by atoms with van der Waals surface area (Å²) in [7, 11) is 1.62. The summed E-state index contributed by atoms with van der Waals surface area (Å²) in [6.45, 7) is 0. The predicted octanol–water partition coefficient (Wildman–Crippen LogP) is 3.81. The Morgan fingerprint density at radius 3 is 2.24 bits per heavy atom. The topological polar surface area (TPSA) is 36.3 Å². The number of ether oxygens (including phenoxy) is 2. The van der Waals surface area contributed by atoms with Crippen molar-refractivity contribution in [2.75, 3.05) is 7.11 Å². The van der Waals surface area contributed by atoms with Gasteiger partial charge >= 0.3 is 0 Å². The molecule has 2 aromatic carbocycles. The average Bonchev–Trinajstić information content (AvgIpc) is 2.98. The SMILES string of the molecule is COc1ccc(-n2cc(Oc3ccc(F)cc3)cn2)cc1. The summed E-state index contributed by atoms with van der Waals surface area (Å²) >= 11 is 0. The van der Waals surface area contributed by atoms with E-state index in [4.69, 9.17) is 9.47 Å². The summed E-state index contributed by atoms with van der Waals surface area (Å²) in [6, 6.07) is 13.3. The third-order valence-corrected chi connectivity index (χ3v) is 2.95. The summed E-state index contributed by atoms with van der Waals surface area (Å²) in [6.07, 6.45) is 3.36. The Morgan fingerprint density at radius 1 is 0.905 bits per heavy atom. The molecule has 0 radical (unpaired) electrons. The van der Waals surface area contributed by atoms with Crippen LogP contribution in [0.3, 0.4) is 0 Å². The molecule has 1 aromatic heterocycles. The first-order valence-corrected chi connectivity index (χ1v) is 6.37. The highest BCUT2D eigenvalue weighted by Crippen LogP contribution is 2.22. The molecule has 21 heavy (non-hydrogen) atoms. The van der Waals surface area contributed by atoms with Crippen molar-refractivity contribution in [2.45, 2.75) is 0 Å². The lowest BCUT2D eigenvalue weighted by molar-refractivity contribution is 0.414. The lowest BCUT2D eigenvalue weighted by Crippen LogP contribution is -1.93.